The lowest BCUT2D eigenvalue weighted by atomic mass is 10.2. The number of fused-ring (bicyclic) bond motifs is 1. The Kier molecular flexibility index (Phi) is 2.37. The molecule has 1 amide bonds. The molecule has 0 saturated carbocycles. The number of carbonyl (C=O) groups is 1. The quantitative estimate of drug-likeness (QED) is 0.783. The Labute approximate surface area is 99.7 Å². The molecule has 0 unspecified atom stereocenters. The highest BCUT2D eigenvalue weighted by Crippen LogP contribution is 2.21. The van der Waals surface area contributed by atoms with Gasteiger partial charge in [-0.25, -0.2) is 0 Å². The number of carbonyl (C=O) groups excluding carboxylic acids is 1. The Morgan fingerprint density at radius 1 is 1.12 bits per heavy atom. The normalized spacial score (nSPS) is 13.9. The van der Waals surface area contributed by atoms with Crippen molar-refractivity contribution in [2.24, 2.45) is 0 Å². The third-order valence-electron chi connectivity index (χ3n) is 2.96. The van der Waals surface area contributed by atoms with Gasteiger partial charge in [0.2, 0.25) is 0 Å². The summed E-state index contributed by atoms with van der Waals surface area (Å²) in [5.74, 6) is 0.0319. The number of aromatic nitrogens is 1. The van der Waals surface area contributed by atoms with Gasteiger partial charge < -0.3 is 4.90 Å². The summed E-state index contributed by atoms with van der Waals surface area (Å²) in [6.07, 6.45) is 1.67. The van der Waals surface area contributed by atoms with E-state index in [1.54, 1.807) is 6.20 Å². The standard InChI is InChI=1S/C14H12N2O/c17-14-13-12(7-4-8-15-13)10-16(14)9-11-5-2-1-3-6-11/h1-8H,9-10H2. The first kappa shape index (κ1) is 10.0. The van der Waals surface area contributed by atoms with Gasteiger partial charge in [0.1, 0.15) is 5.69 Å². The summed E-state index contributed by atoms with van der Waals surface area (Å²) in [4.78, 5) is 18.0. The average Bonchev–Trinajstić information content (AvgIpc) is 2.68. The molecule has 3 nitrogen and oxygen atoms in total. The summed E-state index contributed by atoms with van der Waals surface area (Å²) >= 11 is 0. The molecule has 0 aliphatic carbocycles. The van der Waals surface area contributed by atoms with Crippen molar-refractivity contribution in [3.05, 3.63) is 65.5 Å². The van der Waals surface area contributed by atoms with Crippen LogP contribution in [0.3, 0.4) is 0 Å². The largest absolute Gasteiger partial charge is 0.329 e. The molecule has 2 heterocycles. The Morgan fingerprint density at radius 2 is 1.94 bits per heavy atom. The molecule has 0 N–H and O–H groups in total. The molecule has 0 bridgehead atoms. The van der Waals surface area contributed by atoms with E-state index in [1.807, 2.05) is 47.4 Å². The zero-order chi connectivity index (χ0) is 11.7. The summed E-state index contributed by atoms with van der Waals surface area (Å²) in [6, 6.07) is 13.9. The molecule has 0 spiro atoms. The van der Waals surface area contributed by atoms with Gasteiger partial charge in [-0.3, -0.25) is 9.78 Å². The first-order valence-electron chi connectivity index (χ1n) is 5.62. The van der Waals surface area contributed by atoms with Crippen LogP contribution in [-0.4, -0.2) is 15.8 Å². The van der Waals surface area contributed by atoms with Crippen LogP contribution in [0.4, 0.5) is 0 Å². The van der Waals surface area contributed by atoms with Crippen LogP contribution in [0, 0.1) is 0 Å². The van der Waals surface area contributed by atoms with Gasteiger partial charge >= 0.3 is 0 Å². The monoisotopic (exact) mass is 224 g/mol. The Balaban J connectivity index is 1.83. The minimum atomic E-state index is 0.0319. The van der Waals surface area contributed by atoms with Crippen LogP contribution in [0.5, 0.6) is 0 Å². The SMILES string of the molecule is O=C1c2ncccc2CN1Cc1ccccc1. The van der Waals surface area contributed by atoms with E-state index in [9.17, 15) is 4.79 Å². The number of amides is 1. The van der Waals surface area contributed by atoms with Crippen molar-refractivity contribution in [3.8, 4) is 0 Å². The Morgan fingerprint density at radius 3 is 2.71 bits per heavy atom. The number of hydrogen-bond donors (Lipinski definition) is 0. The average molecular weight is 224 g/mol. The number of benzene rings is 1. The molecule has 3 rings (SSSR count). The molecule has 0 atom stereocenters. The summed E-state index contributed by atoms with van der Waals surface area (Å²) < 4.78 is 0. The van der Waals surface area contributed by atoms with Crippen LogP contribution in [0.25, 0.3) is 0 Å². The fraction of sp³-hybridized carbons (Fsp3) is 0.143. The lowest BCUT2D eigenvalue weighted by Crippen LogP contribution is -2.23. The highest BCUT2D eigenvalue weighted by molar-refractivity contribution is 5.96. The first-order chi connectivity index (χ1) is 8.34. The fourth-order valence-electron chi connectivity index (χ4n) is 2.12. The van der Waals surface area contributed by atoms with Gasteiger partial charge in [0.15, 0.2) is 0 Å². The topological polar surface area (TPSA) is 33.2 Å². The highest BCUT2D eigenvalue weighted by Gasteiger charge is 2.27. The number of pyridine rings is 1. The van der Waals surface area contributed by atoms with Gasteiger partial charge in [-0.1, -0.05) is 36.4 Å². The molecular formula is C14H12N2O. The van der Waals surface area contributed by atoms with Crippen LogP contribution >= 0.6 is 0 Å². The second kappa shape index (κ2) is 4.01. The van der Waals surface area contributed by atoms with Crippen molar-refractivity contribution in [2.75, 3.05) is 0 Å². The predicted octanol–water partition coefficient (Wildman–Crippen LogP) is 2.24. The molecule has 2 aromatic rings. The second-order valence-corrected chi connectivity index (χ2v) is 4.16. The smallest absolute Gasteiger partial charge is 0.273 e. The van der Waals surface area contributed by atoms with Crippen LogP contribution in [-0.2, 0) is 13.1 Å². The van der Waals surface area contributed by atoms with Gasteiger partial charge in [-0.05, 0) is 11.6 Å². The van der Waals surface area contributed by atoms with Crippen molar-refractivity contribution in [3.63, 3.8) is 0 Å². The molecule has 0 radical (unpaired) electrons. The highest BCUT2D eigenvalue weighted by atomic mass is 16.2. The molecule has 0 fully saturated rings. The van der Waals surface area contributed by atoms with Crippen molar-refractivity contribution in [1.29, 1.82) is 0 Å². The fourth-order valence-corrected chi connectivity index (χ4v) is 2.12. The first-order valence-corrected chi connectivity index (χ1v) is 5.62. The third kappa shape index (κ3) is 1.80. The minimum absolute atomic E-state index is 0.0319. The van der Waals surface area contributed by atoms with Crippen LogP contribution in [0.15, 0.2) is 48.7 Å². The Bertz CT molecular complexity index is 551. The Hall–Kier alpha value is -2.16. The van der Waals surface area contributed by atoms with E-state index in [4.69, 9.17) is 0 Å². The molecule has 1 aromatic heterocycles. The van der Waals surface area contributed by atoms with Gasteiger partial charge in [-0.2, -0.15) is 0 Å². The van der Waals surface area contributed by atoms with E-state index >= 15 is 0 Å². The van der Waals surface area contributed by atoms with Crippen LogP contribution in [0.2, 0.25) is 0 Å². The summed E-state index contributed by atoms with van der Waals surface area (Å²) in [5, 5.41) is 0. The third-order valence-corrected chi connectivity index (χ3v) is 2.96. The maximum atomic E-state index is 12.1. The van der Waals surface area contributed by atoms with Crippen molar-refractivity contribution in [1.82, 2.24) is 9.88 Å². The van der Waals surface area contributed by atoms with E-state index in [-0.39, 0.29) is 5.91 Å². The zero-order valence-corrected chi connectivity index (χ0v) is 9.34. The van der Waals surface area contributed by atoms with Crippen LogP contribution < -0.4 is 0 Å². The molecule has 1 aromatic carbocycles. The molecule has 0 saturated heterocycles. The molecule has 17 heavy (non-hydrogen) atoms. The van der Waals surface area contributed by atoms with E-state index in [0.717, 1.165) is 11.1 Å². The lowest BCUT2D eigenvalue weighted by Gasteiger charge is -2.14. The maximum absolute atomic E-state index is 12.1. The number of nitrogens with zero attached hydrogens (tertiary/aromatic N) is 2. The van der Waals surface area contributed by atoms with E-state index in [0.29, 0.717) is 18.8 Å². The minimum Gasteiger partial charge on any atom is -0.329 e. The van der Waals surface area contributed by atoms with Crippen LogP contribution in [0.1, 0.15) is 21.6 Å². The van der Waals surface area contributed by atoms with Gasteiger partial charge in [0, 0.05) is 24.8 Å². The molecular weight excluding hydrogens is 212 g/mol. The van der Waals surface area contributed by atoms with Crippen molar-refractivity contribution < 1.29 is 4.79 Å². The molecule has 1 aliphatic heterocycles. The maximum Gasteiger partial charge on any atom is 0.273 e. The predicted molar refractivity (Wildman–Crippen MR) is 64.3 cm³/mol. The van der Waals surface area contributed by atoms with Gasteiger partial charge in [-0.15, -0.1) is 0 Å². The van der Waals surface area contributed by atoms with E-state index in [1.165, 1.54) is 0 Å². The summed E-state index contributed by atoms with van der Waals surface area (Å²) in [6.45, 7) is 1.31. The molecule has 1 aliphatic rings. The zero-order valence-electron chi connectivity index (χ0n) is 9.34. The summed E-state index contributed by atoms with van der Waals surface area (Å²) in [7, 11) is 0. The lowest BCUT2D eigenvalue weighted by molar-refractivity contribution is 0.0762. The van der Waals surface area contributed by atoms with Gasteiger partial charge in [0.25, 0.3) is 5.91 Å². The van der Waals surface area contributed by atoms with E-state index < -0.39 is 0 Å². The van der Waals surface area contributed by atoms with Crippen molar-refractivity contribution >= 4 is 5.91 Å². The van der Waals surface area contributed by atoms with Crippen molar-refractivity contribution in [2.45, 2.75) is 13.1 Å². The molecule has 84 valence electrons. The summed E-state index contributed by atoms with van der Waals surface area (Å²) in [5.41, 5.74) is 2.77. The number of hydrogen-bond acceptors (Lipinski definition) is 2. The number of rotatable bonds is 2. The molecule has 3 heteroatoms. The van der Waals surface area contributed by atoms with E-state index in [2.05, 4.69) is 4.98 Å². The van der Waals surface area contributed by atoms with Gasteiger partial charge in [0.05, 0.1) is 0 Å². The second-order valence-electron chi connectivity index (χ2n) is 4.16.